The fraction of sp³-hybridized carbons (Fsp3) is 1.00. The zero-order chi connectivity index (χ0) is 21.0. The van der Waals surface area contributed by atoms with Crippen LogP contribution in [0.1, 0.15) is 26.7 Å². The Hall–Kier alpha value is 0.630. The lowest BCUT2D eigenvalue weighted by atomic mass is 10.5. The minimum absolute atomic E-state index is 0.231. The van der Waals surface area contributed by atoms with Crippen molar-refractivity contribution in [2.45, 2.75) is 55.7 Å². The third kappa shape index (κ3) is 9.71. The lowest BCUT2D eigenvalue weighted by molar-refractivity contribution is -0.237. The van der Waals surface area contributed by atoms with Crippen molar-refractivity contribution in [1.82, 2.24) is 0 Å². The van der Waals surface area contributed by atoms with Crippen LogP contribution >= 0.6 is 39.5 Å². The second kappa shape index (κ2) is 9.42. The average molecular weight is 484 g/mol. The highest BCUT2D eigenvalue weighted by Gasteiger charge is 2.62. The Morgan fingerprint density at radius 2 is 1.38 bits per heavy atom. The highest BCUT2D eigenvalue weighted by atomic mass is 33.8. The topological polar surface area (TPSA) is 0 Å². The Bertz CT molecular complexity index is 435. The Morgan fingerprint density at radius 1 is 0.885 bits per heavy atom. The van der Waals surface area contributed by atoms with Gasteiger partial charge >= 0.3 is 16.7 Å². The van der Waals surface area contributed by atoms with Crippen LogP contribution in [0.2, 0.25) is 0 Å². The molecule has 0 aliphatic heterocycles. The molecule has 0 aliphatic carbocycles. The van der Waals surface area contributed by atoms with Crippen molar-refractivity contribution in [2.24, 2.45) is 0 Å². The van der Waals surface area contributed by atoms with Crippen molar-refractivity contribution in [3.63, 3.8) is 0 Å². The lowest BCUT2D eigenvalue weighted by Crippen LogP contribution is -2.33. The molecule has 0 rings (SSSR count). The summed E-state index contributed by atoms with van der Waals surface area (Å²) in [5.41, 5.74) is 0. The van der Waals surface area contributed by atoms with Crippen molar-refractivity contribution >= 4 is 39.5 Å². The molecule has 0 saturated heterocycles. The van der Waals surface area contributed by atoms with E-state index in [2.05, 4.69) is 0 Å². The molecule has 0 aromatic carbocycles. The number of alkyl halides is 11. The standard InChI is InChI=1S/C11H15F11S4/c1-3-9(16,17)24-26(5-4-7(12)13,23-6-8(2,14)15)25-11(21,22)10(18,19)20/h7H,3-6H2,1-2H3. The summed E-state index contributed by atoms with van der Waals surface area (Å²) in [6.45, 7) is 1.21. The number of halogens is 11. The van der Waals surface area contributed by atoms with E-state index in [1.807, 2.05) is 0 Å². The molecule has 0 fully saturated rings. The number of hydrogen-bond acceptors (Lipinski definition) is 3. The molecule has 0 heterocycles. The first-order chi connectivity index (χ1) is 11.3. The molecule has 0 N–H and O–H groups in total. The third-order valence-corrected chi connectivity index (χ3v) is 15.5. The van der Waals surface area contributed by atoms with E-state index in [-0.39, 0.29) is 10.8 Å². The van der Waals surface area contributed by atoms with E-state index in [9.17, 15) is 48.3 Å². The molecule has 1 atom stereocenters. The highest BCUT2D eigenvalue weighted by molar-refractivity contribution is 9.48. The van der Waals surface area contributed by atoms with E-state index >= 15 is 0 Å². The molecule has 15 heteroatoms. The summed E-state index contributed by atoms with van der Waals surface area (Å²) in [5.74, 6) is -6.12. The molecule has 0 spiro atoms. The second-order valence-corrected chi connectivity index (χ2v) is 17.2. The molecule has 0 nitrogen and oxygen atoms in total. The SMILES string of the molecule is CCC(F)(F)SS(CCC(F)F)(SCC(C)(F)F)SC(F)(F)C(F)(F)F. The van der Waals surface area contributed by atoms with Crippen molar-refractivity contribution in [3.8, 4) is 0 Å². The number of hydrogen-bond donors (Lipinski definition) is 0. The predicted molar refractivity (Wildman–Crippen MR) is 87.6 cm³/mol. The third-order valence-electron chi connectivity index (χ3n) is 2.30. The van der Waals surface area contributed by atoms with Crippen LogP contribution in [-0.2, 0) is 0 Å². The van der Waals surface area contributed by atoms with Gasteiger partial charge in [-0.15, -0.1) is 0 Å². The second-order valence-electron chi connectivity index (χ2n) is 4.95. The monoisotopic (exact) mass is 484 g/mol. The lowest BCUT2D eigenvalue weighted by Gasteiger charge is -2.41. The van der Waals surface area contributed by atoms with Gasteiger partial charge in [-0.1, -0.05) is 24.8 Å². The van der Waals surface area contributed by atoms with Crippen LogP contribution in [0.4, 0.5) is 48.3 Å². The summed E-state index contributed by atoms with van der Waals surface area (Å²) in [4.78, 5) is 0. The first kappa shape index (κ1) is 26.6. The molecule has 0 aromatic rings. The zero-order valence-electron chi connectivity index (χ0n) is 13.2. The molecule has 0 radical (unpaired) electrons. The maximum atomic E-state index is 13.7. The fourth-order valence-corrected chi connectivity index (χ4v) is 14.6. The van der Waals surface area contributed by atoms with Crippen LogP contribution in [0.3, 0.4) is 0 Å². The van der Waals surface area contributed by atoms with Crippen molar-refractivity contribution in [3.05, 3.63) is 0 Å². The quantitative estimate of drug-likeness (QED) is 0.214. The van der Waals surface area contributed by atoms with Crippen LogP contribution in [0.25, 0.3) is 0 Å². The van der Waals surface area contributed by atoms with Gasteiger partial charge in [0.15, 0.2) is 0 Å². The molecule has 1 unspecified atom stereocenters. The Kier molecular flexibility index (Phi) is 9.65. The highest BCUT2D eigenvalue weighted by Crippen LogP contribution is 2.85. The molecule has 0 saturated carbocycles. The largest absolute Gasteiger partial charge is 0.464 e. The Morgan fingerprint density at radius 3 is 1.73 bits per heavy atom. The van der Waals surface area contributed by atoms with Crippen LogP contribution in [-0.4, -0.2) is 40.5 Å². The van der Waals surface area contributed by atoms with Crippen molar-refractivity contribution in [1.29, 1.82) is 0 Å². The van der Waals surface area contributed by atoms with Gasteiger partial charge in [0.2, 0.25) is 6.43 Å². The molecule has 0 bridgehead atoms. The van der Waals surface area contributed by atoms with Crippen LogP contribution < -0.4 is 0 Å². The zero-order valence-corrected chi connectivity index (χ0v) is 16.5. The summed E-state index contributed by atoms with van der Waals surface area (Å²) < 4.78 is 143. The molecule has 0 aliphatic rings. The van der Waals surface area contributed by atoms with E-state index < -0.39 is 82.1 Å². The van der Waals surface area contributed by atoms with Crippen molar-refractivity contribution < 1.29 is 48.3 Å². The first-order valence-electron chi connectivity index (χ1n) is 6.70. The van der Waals surface area contributed by atoms with Crippen LogP contribution in [0, 0.1) is 0 Å². The van der Waals surface area contributed by atoms with Gasteiger partial charge in [-0.3, -0.25) is 0 Å². The summed E-state index contributed by atoms with van der Waals surface area (Å²) in [6.07, 6.45) is -11.6. The summed E-state index contributed by atoms with van der Waals surface area (Å²) in [7, 11) is -6.22. The molecule has 26 heavy (non-hydrogen) atoms. The first-order valence-corrected chi connectivity index (χ1v) is 12.7. The summed E-state index contributed by atoms with van der Waals surface area (Å²) in [6, 6.07) is 0. The molecular formula is C11H15F11S4. The number of rotatable bonds is 11. The van der Waals surface area contributed by atoms with Gasteiger partial charge in [-0.05, 0) is 21.6 Å². The van der Waals surface area contributed by atoms with Gasteiger partial charge in [0, 0.05) is 25.5 Å². The normalized spacial score (nSPS) is 18.1. The maximum Gasteiger partial charge on any atom is 0.464 e. The fourth-order valence-electron chi connectivity index (χ4n) is 1.09. The maximum absolute atomic E-state index is 13.7. The van der Waals surface area contributed by atoms with Crippen molar-refractivity contribution in [2.75, 3.05) is 11.5 Å². The molecular weight excluding hydrogens is 469 g/mol. The van der Waals surface area contributed by atoms with Crippen LogP contribution in [0.15, 0.2) is 0 Å². The van der Waals surface area contributed by atoms with Gasteiger partial charge in [0.05, 0.1) is 5.75 Å². The van der Waals surface area contributed by atoms with Crippen LogP contribution in [0.5, 0.6) is 0 Å². The van der Waals surface area contributed by atoms with Gasteiger partial charge in [-0.2, -0.15) is 30.7 Å². The van der Waals surface area contributed by atoms with E-state index in [1.165, 1.54) is 0 Å². The average Bonchev–Trinajstić information content (AvgIpc) is 2.40. The minimum Gasteiger partial charge on any atom is -0.211 e. The van der Waals surface area contributed by atoms with Gasteiger partial charge in [0.25, 0.3) is 5.92 Å². The van der Waals surface area contributed by atoms with E-state index in [4.69, 9.17) is 0 Å². The minimum atomic E-state index is -6.15. The van der Waals surface area contributed by atoms with Gasteiger partial charge in [0.1, 0.15) is 0 Å². The van der Waals surface area contributed by atoms with Gasteiger partial charge < -0.3 is 0 Å². The molecule has 160 valence electrons. The van der Waals surface area contributed by atoms with Gasteiger partial charge in [-0.25, -0.2) is 17.6 Å². The van der Waals surface area contributed by atoms with E-state index in [0.717, 1.165) is 6.92 Å². The summed E-state index contributed by atoms with van der Waals surface area (Å²) >= 11 is 0. The van der Waals surface area contributed by atoms with E-state index in [1.54, 1.807) is 0 Å². The Balaban J connectivity index is 5.90. The predicted octanol–water partition coefficient (Wildman–Crippen LogP) is 8.20. The molecule has 0 aromatic heterocycles. The summed E-state index contributed by atoms with van der Waals surface area (Å²) in [5, 5.41) is -9.40. The van der Waals surface area contributed by atoms with E-state index in [0.29, 0.717) is 6.92 Å². The Labute approximate surface area is 155 Å². The molecule has 0 amide bonds. The smallest absolute Gasteiger partial charge is 0.211 e.